The molecule has 0 aliphatic rings. The Labute approximate surface area is 317 Å². The molecule has 0 aliphatic carbocycles. The first kappa shape index (κ1) is 49.5. The summed E-state index contributed by atoms with van der Waals surface area (Å²) in [6.45, 7) is 3.50. The van der Waals surface area contributed by atoms with Gasteiger partial charge in [0.2, 0.25) is 0 Å². The molecule has 0 heterocycles. The van der Waals surface area contributed by atoms with Crippen LogP contribution in [-0.2, 0) is 28.2 Å². The van der Waals surface area contributed by atoms with Crippen LogP contribution in [0.25, 0.3) is 0 Å². The molecule has 9 heteroatoms. The molecule has 0 spiro atoms. The van der Waals surface area contributed by atoms with Crippen LogP contribution in [0.1, 0.15) is 168 Å². The molecule has 0 radical (unpaired) electrons. The van der Waals surface area contributed by atoms with E-state index in [4.69, 9.17) is 19.3 Å². The minimum atomic E-state index is -4.77. The van der Waals surface area contributed by atoms with E-state index < -0.39 is 32.5 Å². The maximum Gasteiger partial charge on any atom is 0.469 e. The summed E-state index contributed by atoms with van der Waals surface area (Å²) in [5, 5.41) is 0. The lowest BCUT2D eigenvalue weighted by molar-refractivity contribution is -0.161. The van der Waals surface area contributed by atoms with Gasteiger partial charge in [-0.1, -0.05) is 177 Å². The van der Waals surface area contributed by atoms with Gasteiger partial charge >= 0.3 is 19.8 Å². The van der Waals surface area contributed by atoms with Crippen LogP contribution in [0.2, 0.25) is 0 Å². The van der Waals surface area contributed by atoms with Crippen molar-refractivity contribution in [2.24, 2.45) is 0 Å². The Balaban J connectivity index is 4.08. The van der Waals surface area contributed by atoms with Crippen molar-refractivity contribution in [1.82, 2.24) is 0 Å². The predicted octanol–water partition coefficient (Wildman–Crippen LogP) is 12.3. The normalized spacial score (nSPS) is 13.2. The number of hydrogen-bond acceptors (Lipinski definition) is 6. The molecule has 298 valence electrons. The fourth-order valence-electron chi connectivity index (χ4n) is 5.28. The third-order valence-corrected chi connectivity index (χ3v) is 8.74. The van der Waals surface area contributed by atoms with Crippen LogP contribution in [-0.4, -0.2) is 41.0 Å². The highest BCUT2D eigenvalue weighted by Crippen LogP contribution is 2.36. The van der Waals surface area contributed by atoms with Gasteiger partial charge in [0.1, 0.15) is 6.61 Å². The molecule has 0 aromatic rings. The van der Waals surface area contributed by atoms with Gasteiger partial charge in [-0.2, -0.15) is 0 Å². The molecule has 2 N–H and O–H groups in total. The van der Waals surface area contributed by atoms with Crippen molar-refractivity contribution in [1.29, 1.82) is 0 Å². The van der Waals surface area contributed by atoms with Crippen LogP contribution < -0.4 is 0 Å². The van der Waals surface area contributed by atoms with Crippen molar-refractivity contribution in [2.75, 3.05) is 13.2 Å². The van der Waals surface area contributed by atoms with Crippen molar-refractivity contribution in [2.45, 2.75) is 174 Å². The molecular formula is C43H73O8P. The van der Waals surface area contributed by atoms with Crippen LogP contribution >= 0.6 is 7.82 Å². The summed E-state index contributed by atoms with van der Waals surface area (Å²) in [5.74, 6) is -0.984. The van der Waals surface area contributed by atoms with E-state index in [1.54, 1.807) is 0 Å². The van der Waals surface area contributed by atoms with Crippen molar-refractivity contribution >= 4 is 19.8 Å². The van der Waals surface area contributed by atoms with E-state index in [-0.39, 0.29) is 19.4 Å². The molecule has 0 aromatic carbocycles. The lowest BCUT2D eigenvalue weighted by Crippen LogP contribution is -2.29. The summed E-state index contributed by atoms with van der Waals surface area (Å²) in [6.07, 6.45) is 49.2. The minimum Gasteiger partial charge on any atom is -0.462 e. The van der Waals surface area contributed by atoms with Gasteiger partial charge in [0.05, 0.1) is 6.61 Å². The van der Waals surface area contributed by atoms with Gasteiger partial charge in [-0.25, -0.2) is 4.57 Å². The number of unbranched alkanes of at least 4 members (excludes halogenated alkanes) is 14. The number of phosphoric acid groups is 1. The average Bonchev–Trinajstić information content (AvgIpc) is 3.11. The SMILES string of the molecule is CC/C=C\C/C=C\C/C=C\C/C=C\C/C=C\C/C=C\CCC(=O)OC(COC(=O)CCCCCCCCCCCCCCCCC)COP(=O)(O)O. The molecule has 0 rings (SSSR count). The molecule has 8 nitrogen and oxygen atoms in total. The lowest BCUT2D eigenvalue weighted by atomic mass is 10.0. The van der Waals surface area contributed by atoms with Gasteiger partial charge in [0.15, 0.2) is 6.10 Å². The van der Waals surface area contributed by atoms with Crippen LogP contribution in [0, 0.1) is 0 Å². The average molecular weight is 749 g/mol. The summed E-state index contributed by atoms with van der Waals surface area (Å²) in [6, 6.07) is 0. The fourth-order valence-corrected chi connectivity index (χ4v) is 5.64. The second-order valence-electron chi connectivity index (χ2n) is 13.2. The number of esters is 2. The van der Waals surface area contributed by atoms with Crippen molar-refractivity contribution in [3.8, 4) is 0 Å². The summed E-state index contributed by atoms with van der Waals surface area (Å²) < 4.78 is 26.3. The second-order valence-corrected chi connectivity index (χ2v) is 14.5. The molecule has 0 bridgehead atoms. The van der Waals surface area contributed by atoms with Crippen LogP contribution in [0.5, 0.6) is 0 Å². The number of hydrogen-bond donors (Lipinski definition) is 2. The third kappa shape index (κ3) is 40.3. The van der Waals surface area contributed by atoms with E-state index in [0.29, 0.717) is 12.8 Å². The number of carbonyl (C=O) groups is 2. The van der Waals surface area contributed by atoms with Crippen LogP contribution in [0.4, 0.5) is 0 Å². The minimum absolute atomic E-state index is 0.0850. The third-order valence-electron chi connectivity index (χ3n) is 8.25. The smallest absolute Gasteiger partial charge is 0.462 e. The Hall–Kier alpha value is -2.51. The molecular weight excluding hydrogens is 675 g/mol. The zero-order valence-electron chi connectivity index (χ0n) is 32.7. The van der Waals surface area contributed by atoms with E-state index in [1.807, 2.05) is 12.2 Å². The Morgan fingerprint density at radius 3 is 1.35 bits per heavy atom. The van der Waals surface area contributed by atoms with Gasteiger partial charge in [0.25, 0.3) is 0 Å². The first-order chi connectivity index (χ1) is 25.3. The molecule has 0 fully saturated rings. The highest BCUT2D eigenvalue weighted by molar-refractivity contribution is 7.46. The number of ether oxygens (including phenoxy) is 2. The maximum atomic E-state index is 12.4. The van der Waals surface area contributed by atoms with E-state index in [2.05, 4.69) is 79.1 Å². The van der Waals surface area contributed by atoms with Gasteiger partial charge in [-0.15, -0.1) is 0 Å². The second kappa shape index (κ2) is 38.2. The Morgan fingerprint density at radius 2 is 0.923 bits per heavy atom. The van der Waals surface area contributed by atoms with Crippen molar-refractivity contribution in [3.63, 3.8) is 0 Å². The van der Waals surface area contributed by atoms with E-state index in [9.17, 15) is 14.2 Å². The molecule has 0 aliphatic heterocycles. The highest BCUT2D eigenvalue weighted by atomic mass is 31.2. The van der Waals surface area contributed by atoms with Gasteiger partial charge in [-0.3, -0.25) is 14.1 Å². The molecule has 0 amide bonds. The van der Waals surface area contributed by atoms with E-state index in [1.165, 1.54) is 77.0 Å². The number of allylic oxidation sites excluding steroid dienone is 12. The largest absolute Gasteiger partial charge is 0.469 e. The molecule has 52 heavy (non-hydrogen) atoms. The topological polar surface area (TPSA) is 119 Å². The summed E-state index contributed by atoms with van der Waals surface area (Å²) in [4.78, 5) is 42.8. The van der Waals surface area contributed by atoms with Crippen LogP contribution in [0.15, 0.2) is 72.9 Å². The quantitative estimate of drug-likeness (QED) is 0.0281. The highest BCUT2D eigenvalue weighted by Gasteiger charge is 2.22. The summed E-state index contributed by atoms with van der Waals surface area (Å²) in [5.41, 5.74) is 0. The predicted molar refractivity (Wildman–Crippen MR) is 216 cm³/mol. The number of rotatable bonds is 36. The van der Waals surface area contributed by atoms with Crippen molar-refractivity contribution < 1.29 is 37.9 Å². The molecule has 1 atom stereocenters. The zero-order chi connectivity index (χ0) is 38.2. The van der Waals surface area contributed by atoms with E-state index >= 15 is 0 Å². The fraction of sp³-hybridized carbons (Fsp3) is 0.674. The molecule has 0 aromatic heterocycles. The number of phosphoric ester groups is 1. The Bertz CT molecular complexity index is 1070. The van der Waals surface area contributed by atoms with E-state index in [0.717, 1.165) is 51.4 Å². The lowest BCUT2D eigenvalue weighted by Gasteiger charge is -2.18. The monoisotopic (exact) mass is 749 g/mol. The molecule has 1 unspecified atom stereocenters. The summed E-state index contributed by atoms with van der Waals surface area (Å²) in [7, 11) is -4.77. The first-order valence-electron chi connectivity index (χ1n) is 20.2. The molecule has 0 saturated carbocycles. The van der Waals surface area contributed by atoms with Gasteiger partial charge in [-0.05, 0) is 51.4 Å². The molecule has 0 saturated heterocycles. The van der Waals surface area contributed by atoms with Crippen molar-refractivity contribution in [3.05, 3.63) is 72.9 Å². The first-order valence-corrected chi connectivity index (χ1v) is 21.8. The number of carbonyl (C=O) groups excluding carboxylic acids is 2. The Kier molecular flexibility index (Phi) is 36.4. The maximum absolute atomic E-state index is 12.4. The van der Waals surface area contributed by atoms with Gasteiger partial charge < -0.3 is 19.3 Å². The van der Waals surface area contributed by atoms with Crippen LogP contribution in [0.3, 0.4) is 0 Å². The summed E-state index contributed by atoms with van der Waals surface area (Å²) >= 11 is 0. The van der Waals surface area contributed by atoms with Gasteiger partial charge in [0, 0.05) is 12.8 Å². The Morgan fingerprint density at radius 1 is 0.519 bits per heavy atom. The standard InChI is InChI=1S/C43H73O8P/c1-3-5-7-9-11-13-15-17-19-20-21-22-24-26-28-30-32-34-36-38-43(45)51-41(40-50-52(46,47)48)39-49-42(44)37-35-33-31-29-27-25-23-18-16-14-12-10-8-6-4-2/h5,7,11,13,17,19,21-22,26,28,32,34,41H,3-4,6,8-10,12,14-16,18,20,23-25,27,29-31,33,35-40H2,1-2H3,(H2,46,47,48)/b7-5-,13-11-,19-17-,22-21-,28-26-,34-32-. The zero-order valence-corrected chi connectivity index (χ0v) is 33.6.